The van der Waals surface area contributed by atoms with Crippen molar-refractivity contribution in [1.82, 2.24) is 0 Å². The van der Waals surface area contributed by atoms with E-state index in [0.29, 0.717) is 12.3 Å². The Morgan fingerprint density at radius 1 is 1.25 bits per heavy atom. The molecule has 2 aromatic carbocycles. The number of anilines is 3. The van der Waals surface area contributed by atoms with E-state index in [1.807, 2.05) is 24.3 Å². The van der Waals surface area contributed by atoms with Crippen molar-refractivity contribution >= 4 is 28.7 Å². The first-order valence-electron chi connectivity index (χ1n) is 5.93. The lowest BCUT2D eigenvalue weighted by Gasteiger charge is -2.14. The largest absolute Gasteiger partial charge is 0.496 e. The van der Waals surface area contributed by atoms with Crippen molar-refractivity contribution in [2.75, 3.05) is 23.9 Å². The van der Waals surface area contributed by atoms with E-state index in [9.17, 15) is 4.39 Å². The van der Waals surface area contributed by atoms with E-state index in [1.54, 1.807) is 7.11 Å². The van der Waals surface area contributed by atoms with Crippen LogP contribution in [0.4, 0.5) is 21.5 Å². The molecular formula is C14H15ClFN3O. The Morgan fingerprint density at radius 2 is 1.95 bits per heavy atom. The van der Waals surface area contributed by atoms with E-state index in [1.165, 1.54) is 6.07 Å². The highest BCUT2D eigenvalue weighted by molar-refractivity contribution is 6.33. The van der Waals surface area contributed by atoms with Crippen LogP contribution in [0.1, 0.15) is 5.56 Å². The molecule has 0 spiro atoms. The van der Waals surface area contributed by atoms with Crippen molar-refractivity contribution in [2.45, 2.75) is 6.54 Å². The first-order valence-corrected chi connectivity index (χ1v) is 6.31. The van der Waals surface area contributed by atoms with Crippen LogP contribution in [-0.2, 0) is 6.54 Å². The zero-order valence-corrected chi connectivity index (χ0v) is 11.7. The molecule has 2 aromatic rings. The van der Waals surface area contributed by atoms with Crippen LogP contribution in [0.25, 0.3) is 0 Å². The van der Waals surface area contributed by atoms with Crippen molar-refractivity contribution in [3.63, 3.8) is 0 Å². The van der Waals surface area contributed by atoms with E-state index < -0.39 is 5.82 Å². The highest BCUT2D eigenvalue weighted by Crippen LogP contribution is 2.34. The lowest BCUT2D eigenvalue weighted by atomic mass is 10.2. The third-order valence-corrected chi connectivity index (χ3v) is 3.30. The van der Waals surface area contributed by atoms with Gasteiger partial charge in [0.2, 0.25) is 0 Å². The maximum Gasteiger partial charge on any atom is 0.169 e. The van der Waals surface area contributed by atoms with Crippen LogP contribution in [0.3, 0.4) is 0 Å². The first-order chi connectivity index (χ1) is 9.54. The molecule has 20 heavy (non-hydrogen) atoms. The maximum atomic E-state index is 14.0. The molecule has 0 radical (unpaired) electrons. The molecule has 106 valence electrons. The number of nitrogens with two attached hydrogens (primary N) is 2. The van der Waals surface area contributed by atoms with Crippen molar-refractivity contribution in [3.8, 4) is 5.75 Å². The van der Waals surface area contributed by atoms with E-state index in [0.717, 1.165) is 5.56 Å². The van der Waals surface area contributed by atoms with E-state index in [4.69, 9.17) is 27.8 Å². The fourth-order valence-electron chi connectivity index (χ4n) is 1.88. The Hall–Kier alpha value is -2.14. The number of para-hydroxylation sites is 1. The van der Waals surface area contributed by atoms with Gasteiger partial charge in [-0.2, -0.15) is 0 Å². The molecule has 0 heterocycles. The molecule has 0 bridgehead atoms. The Kier molecular flexibility index (Phi) is 4.20. The number of methoxy groups -OCH3 is 1. The van der Waals surface area contributed by atoms with Crippen molar-refractivity contribution in [2.24, 2.45) is 0 Å². The monoisotopic (exact) mass is 295 g/mol. The molecule has 0 amide bonds. The average Bonchev–Trinajstić information content (AvgIpc) is 2.45. The zero-order valence-electron chi connectivity index (χ0n) is 10.9. The summed E-state index contributed by atoms with van der Waals surface area (Å²) >= 11 is 5.77. The molecule has 6 heteroatoms. The van der Waals surface area contributed by atoms with Gasteiger partial charge >= 0.3 is 0 Å². The van der Waals surface area contributed by atoms with Gasteiger partial charge in [-0.25, -0.2) is 4.39 Å². The number of benzene rings is 2. The molecule has 0 atom stereocenters. The van der Waals surface area contributed by atoms with Gasteiger partial charge in [0.15, 0.2) is 5.82 Å². The van der Waals surface area contributed by atoms with Gasteiger partial charge in [0.25, 0.3) is 0 Å². The van der Waals surface area contributed by atoms with E-state index in [-0.39, 0.29) is 22.1 Å². The molecule has 0 unspecified atom stereocenters. The Morgan fingerprint density at radius 3 is 2.65 bits per heavy atom. The number of nitrogens with one attached hydrogen (secondary N) is 1. The van der Waals surface area contributed by atoms with Gasteiger partial charge in [-0.15, -0.1) is 0 Å². The molecule has 0 aliphatic rings. The number of halogens is 2. The second-order valence-corrected chi connectivity index (χ2v) is 4.60. The summed E-state index contributed by atoms with van der Waals surface area (Å²) in [4.78, 5) is 0. The lowest BCUT2D eigenvalue weighted by molar-refractivity contribution is 0.410. The highest BCUT2D eigenvalue weighted by Gasteiger charge is 2.14. The minimum atomic E-state index is -0.654. The predicted octanol–water partition coefficient (Wildman–Crippen LogP) is 3.26. The number of rotatable bonds is 4. The summed E-state index contributed by atoms with van der Waals surface area (Å²) < 4.78 is 19.2. The Bertz CT molecular complexity index is 634. The van der Waals surface area contributed by atoms with Crippen LogP contribution in [0.5, 0.6) is 5.75 Å². The molecular weight excluding hydrogens is 281 g/mol. The summed E-state index contributed by atoms with van der Waals surface area (Å²) in [6, 6.07) is 8.86. The third kappa shape index (κ3) is 2.72. The smallest absolute Gasteiger partial charge is 0.169 e. The second kappa shape index (κ2) is 5.88. The minimum Gasteiger partial charge on any atom is -0.496 e. The van der Waals surface area contributed by atoms with E-state index >= 15 is 0 Å². The van der Waals surface area contributed by atoms with Gasteiger partial charge in [0, 0.05) is 12.1 Å². The first kappa shape index (κ1) is 14.3. The molecule has 2 rings (SSSR count). The number of hydrogen-bond donors (Lipinski definition) is 3. The van der Waals surface area contributed by atoms with Gasteiger partial charge in [0.1, 0.15) is 10.8 Å². The third-order valence-electron chi connectivity index (χ3n) is 2.91. The van der Waals surface area contributed by atoms with Crippen LogP contribution in [0, 0.1) is 5.82 Å². The van der Waals surface area contributed by atoms with Gasteiger partial charge in [-0.1, -0.05) is 29.8 Å². The van der Waals surface area contributed by atoms with Gasteiger partial charge in [-0.05, 0) is 12.1 Å². The molecule has 4 nitrogen and oxygen atoms in total. The van der Waals surface area contributed by atoms with Crippen LogP contribution in [0.15, 0.2) is 30.3 Å². The summed E-state index contributed by atoms with van der Waals surface area (Å²) in [6.45, 7) is 0.353. The van der Waals surface area contributed by atoms with Crippen molar-refractivity contribution in [3.05, 3.63) is 46.7 Å². The quantitative estimate of drug-likeness (QED) is 0.757. The Balaban J connectivity index is 2.26. The number of nitrogen functional groups attached to an aromatic ring is 2. The fourth-order valence-corrected chi connectivity index (χ4v) is 2.03. The van der Waals surface area contributed by atoms with Gasteiger partial charge in [-0.3, -0.25) is 0 Å². The van der Waals surface area contributed by atoms with Crippen molar-refractivity contribution < 1.29 is 9.13 Å². The number of ether oxygens (including phenoxy) is 1. The average molecular weight is 296 g/mol. The topological polar surface area (TPSA) is 73.3 Å². The predicted molar refractivity (Wildman–Crippen MR) is 80.6 cm³/mol. The Labute approximate surface area is 121 Å². The minimum absolute atomic E-state index is 0.115. The fraction of sp³-hybridized carbons (Fsp3) is 0.143. The molecule has 0 aliphatic carbocycles. The van der Waals surface area contributed by atoms with Crippen LogP contribution < -0.4 is 21.5 Å². The summed E-state index contributed by atoms with van der Waals surface area (Å²) in [7, 11) is 1.58. The lowest BCUT2D eigenvalue weighted by Crippen LogP contribution is -2.07. The molecule has 5 N–H and O–H groups in total. The summed E-state index contributed by atoms with van der Waals surface area (Å²) in [5.41, 5.74) is 12.6. The molecule has 0 fully saturated rings. The summed E-state index contributed by atoms with van der Waals surface area (Å²) in [5.74, 6) is 0.0552. The number of hydrogen-bond acceptors (Lipinski definition) is 4. The summed E-state index contributed by atoms with van der Waals surface area (Å²) in [6.07, 6.45) is 0. The molecule has 0 aromatic heterocycles. The SMILES string of the molecule is COc1ccccc1CNc1c(N)cc(N)c(Cl)c1F. The normalized spacial score (nSPS) is 10.3. The molecule has 0 aliphatic heterocycles. The molecule has 0 saturated heterocycles. The van der Waals surface area contributed by atoms with E-state index in [2.05, 4.69) is 5.32 Å². The molecule has 0 saturated carbocycles. The van der Waals surface area contributed by atoms with Crippen LogP contribution in [0.2, 0.25) is 5.02 Å². The van der Waals surface area contributed by atoms with Gasteiger partial charge in [0.05, 0.1) is 24.2 Å². The maximum absolute atomic E-state index is 14.0. The van der Waals surface area contributed by atoms with Crippen LogP contribution in [-0.4, -0.2) is 7.11 Å². The second-order valence-electron chi connectivity index (χ2n) is 4.22. The standard InChI is InChI=1S/C14H15ClFN3O/c1-20-11-5-3-2-4-8(11)7-19-14-10(18)6-9(17)12(15)13(14)16/h2-6,19H,7,17-18H2,1H3. The van der Waals surface area contributed by atoms with Crippen molar-refractivity contribution in [1.29, 1.82) is 0 Å². The van der Waals surface area contributed by atoms with Crippen LogP contribution >= 0.6 is 11.6 Å². The highest BCUT2D eigenvalue weighted by atomic mass is 35.5. The summed E-state index contributed by atoms with van der Waals surface area (Å²) in [5, 5.41) is 2.78. The zero-order chi connectivity index (χ0) is 14.7. The van der Waals surface area contributed by atoms with Gasteiger partial charge < -0.3 is 21.5 Å².